The lowest BCUT2D eigenvalue weighted by molar-refractivity contribution is -0.138. The van der Waals surface area contributed by atoms with Gasteiger partial charge in [-0.25, -0.2) is 0 Å². The predicted octanol–water partition coefficient (Wildman–Crippen LogP) is 5.46. The standard InChI is InChI=1S/C31H23BrCl2N2O5/c32-15-35-28(40)30(33)14-22-20(10-11-21-24(22)27(39)36(26(21)38)16-6-2-1-3-7-16)25(31(30,34)29(35)41)19-12-13-23(37)18-9-5-4-8-17(18)19/h1-10,12-13,21-22,24-25,37H,11,14-15H2/t21-,22+,24-,25-,30+,31-/m0/s1. The Labute approximate surface area is 253 Å². The number of halogens is 3. The van der Waals surface area contributed by atoms with Crippen LogP contribution in [0.25, 0.3) is 10.8 Å². The summed E-state index contributed by atoms with van der Waals surface area (Å²) in [5, 5.41) is 11.8. The number of alkyl halides is 3. The van der Waals surface area contributed by atoms with Gasteiger partial charge in [0.05, 0.1) is 23.0 Å². The van der Waals surface area contributed by atoms with Crippen molar-refractivity contribution in [3.8, 4) is 5.75 Å². The first kappa shape index (κ1) is 26.7. The minimum Gasteiger partial charge on any atom is -0.507 e. The lowest BCUT2D eigenvalue weighted by Crippen LogP contribution is -2.60. The quantitative estimate of drug-likeness (QED) is 0.175. The topological polar surface area (TPSA) is 95.0 Å². The fourth-order valence-corrected chi connectivity index (χ4v) is 8.91. The van der Waals surface area contributed by atoms with E-state index in [2.05, 4.69) is 15.9 Å². The Morgan fingerprint density at radius 2 is 1.54 bits per heavy atom. The molecule has 3 aromatic rings. The van der Waals surface area contributed by atoms with Crippen LogP contribution in [0.5, 0.6) is 5.75 Å². The third-order valence-electron chi connectivity index (χ3n) is 9.27. The lowest BCUT2D eigenvalue weighted by atomic mass is 9.56. The number of rotatable bonds is 3. The van der Waals surface area contributed by atoms with Gasteiger partial charge in [0.2, 0.25) is 11.8 Å². The van der Waals surface area contributed by atoms with Crippen LogP contribution in [-0.2, 0) is 19.2 Å². The molecule has 3 aromatic carbocycles. The second-order valence-corrected chi connectivity index (χ2v) is 12.8. The fraction of sp³-hybridized carbons (Fsp3) is 0.290. The van der Waals surface area contributed by atoms with Crippen molar-refractivity contribution >= 4 is 79.2 Å². The average Bonchev–Trinajstić information content (AvgIpc) is 3.32. The molecular weight excluding hydrogens is 631 g/mol. The van der Waals surface area contributed by atoms with Crippen molar-refractivity contribution in [2.45, 2.75) is 28.5 Å². The van der Waals surface area contributed by atoms with Crippen LogP contribution in [0, 0.1) is 17.8 Å². The van der Waals surface area contributed by atoms with Crippen molar-refractivity contribution < 1.29 is 24.3 Å². The maximum absolute atomic E-state index is 14.0. The highest BCUT2D eigenvalue weighted by Gasteiger charge is 2.76. The van der Waals surface area contributed by atoms with E-state index in [1.54, 1.807) is 42.5 Å². The Bertz CT molecular complexity index is 1710. The maximum Gasteiger partial charge on any atom is 0.254 e. The number of hydrogen-bond acceptors (Lipinski definition) is 5. The van der Waals surface area contributed by atoms with Gasteiger partial charge in [-0.2, -0.15) is 0 Å². The third kappa shape index (κ3) is 3.32. The summed E-state index contributed by atoms with van der Waals surface area (Å²) in [6.45, 7) is 0. The van der Waals surface area contributed by atoms with Gasteiger partial charge in [-0.05, 0) is 47.9 Å². The molecule has 3 fully saturated rings. The van der Waals surface area contributed by atoms with Crippen molar-refractivity contribution in [2.24, 2.45) is 17.8 Å². The average molecular weight is 654 g/mol. The number of para-hydroxylation sites is 1. The highest BCUT2D eigenvalue weighted by atomic mass is 79.9. The van der Waals surface area contributed by atoms with Crippen LogP contribution in [0.2, 0.25) is 0 Å². The Morgan fingerprint density at radius 1 is 0.854 bits per heavy atom. The molecule has 6 atom stereocenters. The first-order valence-electron chi connectivity index (χ1n) is 13.3. The number of carbonyl (C=O) groups excluding carboxylic acids is 4. The van der Waals surface area contributed by atoms with E-state index in [1.807, 2.05) is 24.3 Å². The highest BCUT2D eigenvalue weighted by molar-refractivity contribution is 9.09. The number of benzene rings is 3. The summed E-state index contributed by atoms with van der Waals surface area (Å²) in [7, 11) is 0. The lowest BCUT2D eigenvalue weighted by Gasteiger charge is -2.51. The van der Waals surface area contributed by atoms with E-state index in [-0.39, 0.29) is 35.9 Å². The van der Waals surface area contributed by atoms with E-state index in [1.165, 1.54) is 11.0 Å². The molecule has 0 bridgehead atoms. The van der Waals surface area contributed by atoms with E-state index in [0.29, 0.717) is 27.6 Å². The van der Waals surface area contributed by atoms with Crippen molar-refractivity contribution in [2.75, 3.05) is 10.4 Å². The first-order valence-corrected chi connectivity index (χ1v) is 15.2. The molecule has 10 heteroatoms. The van der Waals surface area contributed by atoms with E-state index in [0.717, 1.165) is 4.90 Å². The van der Waals surface area contributed by atoms with Gasteiger partial charge in [0, 0.05) is 11.3 Å². The first-order chi connectivity index (χ1) is 19.6. The maximum atomic E-state index is 14.0. The number of likely N-dealkylation sites (tertiary alicyclic amines) is 1. The molecule has 2 aliphatic carbocycles. The molecule has 0 radical (unpaired) electrons. The number of hydrogen-bond donors (Lipinski definition) is 1. The van der Waals surface area contributed by atoms with Crippen molar-refractivity contribution in [1.29, 1.82) is 0 Å². The van der Waals surface area contributed by atoms with Crippen LogP contribution < -0.4 is 4.90 Å². The van der Waals surface area contributed by atoms with Gasteiger partial charge in [-0.3, -0.25) is 29.0 Å². The molecule has 2 aliphatic heterocycles. The molecule has 7 nitrogen and oxygen atoms in total. The van der Waals surface area contributed by atoms with Crippen molar-refractivity contribution in [3.63, 3.8) is 0 Å². The van der Waals surface area contributed by atoms with E-state index >= 15 is 0 Å². The van der Waals surface area contributed by atoms with Crippen LogP contribution in [-0.4, -0.2) is 48.8 Å². The largest absolute Gasteiger partial charge is 0.507 e. The number of carbonyl (C=O) groups is 4. The summed E-state index contributed by atoms with van der Waals surface area (Å²) in [5.74, 6) is -4.78. The Hall–Kier alpha value is -3.20. The minimum absolute atomic E-state index is 0.0566. The van der Waals surface area contributed by atoms with Gasteiger partial charge in [0.25, 0.3) is 11.8 Å². The third-order valence-corrected chi connectivity index (χ3v) is 11.2. The number of phenolic OH excluding ortho intramolecular Hbond substituents is 1. The molecule has 0 unspecified atom stereocenters. The van der Waals surface area contributed by atoms with Crippen LogP contribution >= 0.6 is 39.1 Å². The Balaban J connectivity index is 1.45. The summed E-state index contributed by atoms with van der Waals surface area (Å²) in [5.41, 5.74) is 1.72. The smallest absolute Gasteiger partial charge is 0.254 e. The van der Waals surface area contributed by atoms with Crippen LogP contribution in [0.1, 0.15) is 24.3 Å². The van der Waals surface area contributed by atoms with Gasteiger partial charge < -0.3 is 5.11 Å². The van der Waals surface area contributed by atoms with Gasteiger partial charge in [-0.1, -0.05) is 76.1 Å². The number of aromatic hydroxyl groups is 1. The van der Waals surface area contributed by atoms with Crippen LogP contribution in [0.3, 0.4) is 0 Å². The predicted molar refractivity (Wildman–Crippen MR) is 158 cm³/mol. The summed E-state index contributed by atoms with van der Waals surface area (Å²) in [4.78, 5) is 54.0. The zero-order chi connectivity index (χ0) is 28.8. The number of nitrogens with zero attached hydrogens (tertiary/aromatic N) is 2. The van der Waals surface area contributed by atoms with Gasteiger partial charge in [0.1, 0.15) is 5.75 Å². The zero-order valence-electron chi connectivity index (χ0n) is 21.5. The normalized spacial score (nSPS) is 32.7. The monoisotopic (exact) mass is 652 g/mol. The minimum atomic E-state index is -1.90. The van der Waals surface area contributed by atoms with Crippen LogP contribution in [0.15, 0.2) is 78.4 Å². The molecule has 41 heavy (non-hydrogen) atoms. The molecule has 4 aliphatic rings. The molecule has 0 aromatic heterocycles. The van der Waals surface area contributed by atoms with E-state index in [4.69, 9.17) is 23.2 Å². The number of imide groups is 2. The number of amides is 4. The van der Waals surface area contributed by atoms with E-state index < -0.39 is 45.2 Å². The summed E-state index contributed by atoms with van der Waals surface area (Å²) in [6, 6.07) is 19.2. The number of allylic oxidation sites excluding steroid dienone is 2. The number of phenols is 1. The Morgan fingerprint density at radius 3 is 2.24 bits per heavy atom. The van der Waals surface area contributed by atoms with Crippen molar-refractivity contribution in [3.05, 3.63) is 83.9 Å². The molecular formula is C31H23BrCl2N2O5. The SMILES string of the molecule is O=C1[C@H]2[C@H](CC=C3[C@H]2C[C@@]2(Cl)C(=O)N(CBr)C(=O)[C@@]2(Cl)[C@H]3c2ccc(O)c3ccccc23)C(=O)N1c1ccccc1. The van der Waals surface area contributed by atoms with Gasteiger partial charge in [0.15, 0.2) is 9.75 Å². The molecule has 1 N–H and O–H groups in total. The molecule has 0 spiro atoms. The van der Waals surface area contributed by atoms with Gasteiger partial charge >= 0.3 is 0 Å². The molecule has 2 heterocycles. The fourth-order valence-electron chi connectivity index (χ4n) is 7.49. The Kier molecular flexibility index (Phi) is 5.95. The summed E-state index contributed by atoms with van der Waals surface area (Å²) in [6.07, 6.45) is 2.11. The summed E-state index contributed by atoms with van der Waals surface area (Å²) >= 11 is 17.9. The molecule has 1 saturated carbocycles. The molecule has 208 valence electrons. The second-order valence-electron chi connectivity index (χ2n) is 11.1. The summed E-state index contributed by atoms with van der Waals surface area (Å²) < 4.78 is 0. The van der Waals surface area contributed by atoms with E-state index in [9.17, 15) is 24.3 Å². The second kappa shape index (κ2) is 9.15. The molecule has 7 rings (SSSR count). The number of anilines is 1. The molecule has 2 saturated heterocycles. The zero-order valence-corrected chi connectivity index (χ0v) is 24.6. The highest BCUT2D eigenvalue weighted by Crippen LogP contribution is 2.66. The number of fused-ring (bicyclic) bond motifs is 5. The molecule has 4 amide bonds. The van der Waals surface area contributed by atoms with Gasteiger partial charge in [-0.15, -0.1) is 23.2 Å². The van der Waals surface area contributed by atoms with Crippen LogP contribution in [0.4, 0.5) is 5.69 Å². The van der Waals surface area contributed by atoms with Crippen molar-refractivity contribution in [1.82, 2.24) is 4.90 Å².